The topological polar surface area (TPSA) is 214 Å². The summed E-state index contributed by atoms with van der Waals surface area (Å²) in [4.78, 5) is 63.5. The number of carbonyl (C=O) groups excluding carboxylic acids is 3. The van der Waals surface area contributed by atoms with Gasteiger partial charge in [0.25, 0.3) is 11.8 Å². The molecular formula is C32H27Cl2F2N5O9S. The minimum Gasteiger partial charge on any atom is -0.480 e. The van der Waals surface area contributed by atoms with Crippen molar-refractivity contribution in [2.75, 3.05) is 6.54 Å². The van der Waals surface area contributed by atoms with Crippen LogP contribution in [0.4, 0.5) is 8.78 Å². The zero-order valence-corrected chi connectivity index (χ0v) is 29.2. The van der Waals surface area contributed by atoms with Crippen LogP contribution in [0.1, 0.15) is 46.1 Å². The Morgan fingerprint density at radius 3 is 1.82 bits per heavy atom. The molecule has 2 aromatic carbocycles. The van der Waals surface area contributed by atoms with Gasteiger partial charge in [0.1, 0.15) is 57.4 Å². The van der Waals surface area contributed by atoms with Crippen molar-refractivity contribution >= 4 is 63.8 Å². The predicted molar refractivity (Wildman–Crippen MR) is 180 cm³/mol. The number of carboxylic acid groups (broad SMARTS) is 2. The maximum absolute atomic E-state index is 14.6. The first-order valence-electron chi connectivity index (χ1n) is 14.5. The van der Waals surface area contributed by atoms with Gasteiger partial charge in [-0.05, 0) is 52.0 Å². The minimum atomic E-state index is -1.69. The number of carbonyl (C=O) groups is 5. The molecule has 0 radical (unpaired) electrons. The quantitative estimate of drug-likeness (QED) is 0.109. The average Bonchev–Trinajstić information content (AvgIpc) is 3.60. The summed E-state index contributed by atoms with van der Waals surface area (Å²) in [7, 11) is 0. The van der Waals surface area contributed by atoms with Crippen molar-refractivity contribution in [3.63, 3.8) is 0 Å². The van der Waals surface area contributed by atoms with Gasteiger partial charge >= 0.3 is 11.9 Å². The first kappa shape index (κ1) is 38.5. The number of thioether (sulfide) groups is 1. The summed E-state index contributed by atoms with van der Waals surface area (Å²) in [5.74, 6) is -6.82. The first-order valence-corrected chi connectivity index (χ1v) is 16.1. The smallest absolute Gasteiger partial charge is 0.353 e. The Labute approximate surface area is 301 Å². The molecule has 0 aliphatic rings. The molecule has 19 heteroatoms. The van der Waals surface area contributed by atoms with Gasteiger partial charge in [-0.15, -0.1) is 0 Å². The number of aromatic nitrogens is 2. The normalized spacial score (nSPS) is 12.3. The second-order valence-corrected chi connectivity index (χ2v) is 13.7. The minimum absolute atomic E-state index is 0.0111. The molecule has 0 saturated carbocycles. The molecule has 4 aromatic rings. The Morgan fingerprint density at radius 1 is 0.882 bits per heavy atom. The van der Waals surface area contributed by atoms with Gasteiger partial charge < -0.3 is 35.2 Å². The highest BCUT2D eigenvalue weighted by Gasteiger charge is 2.38. The number of nitrogens with zero attached hydrogens (tertiary/aromatic N) is 2. The van der Waals surface area contributed by atoms with Crippen LogP contribution >= 0.6 is 35.0 Å². The van der Waals surface area contributed by atoms with Crippen molar-refractivity contribution in [3.05, 3.63) is 92.6 Å². The molecule has 14 nitrogen and oxygen atoms in total. The highest BCUT2D eigenvalue weighted by Crippen LogP contribution is 2.35. The van der Waals surface area contributed by atoms with Crippen LogP contribution in [-0.2, 0) is 14.4 Å². The molecular weight excluding hydrogens is 739 g/mol. The Balaban J connectivity index is 1.47. The van der Waals surface area contributed by atoms with Crippen molar-refractivity contribution in [2.45, 2.75) is 38.5 Å². The number of benzene rings is 2. The average molecular weight is 767 g/mol. The number of halogens is 4. The van der Waals surface area contributed by atoms with Crippen LogP contribution in [0.25, 0.3) is 22.5 Å². The SMILES string of the molecule is Cc1onc(-c2c(F)cccc2Cl)c1C(=O)NCC(=O)SC(C)(C)C(N/C=C(\NC(=O)c1c(-c2c(F)cccc2Cl)noc1C)C(=O)O)C(=O)O. The lowest BCUT2D eigenvalue weighted by Crippen LogP contribution is -2.50. The highest BCUT2D eigenvalue weighted by molar-refractivity contribution is 8.14. The molecule has 0 saturated heterocycles. The first-order chi connectivity index (χ1) is 23.9. The maximum Gasteiger partial charge on any atom is 0.353 e. The fourth-order valence-electron chi connectivity index (χ4n) is 4.77. The van der Waals surface area contributed by atoms with Crippen LogP contribution in [0.2, 0.25) is 10.0 Å². The van der Waals surface area contributed by atoms with E-state index in [9.17, 15) is 43.0 Å². The zero-order valence-electron chi connectivity index (χ0n) is 26.9. The van der Waals surface area contributed by atoms with E-state index in [1.165, 1.54) is 52.0 Å². The summed E-state index contributed by atoms with van der Waals surface area (Å²) >= 11 is 12.7. The van der Waals surface area contributed by atoms with E-state index >= 15 is 0 Å². The van der Waals surface area contributed by atoms with Gasteiger partial charge in [0.15, 0.2) is 0 Å². The monoisotopic (exact) mass is 765 g/mol. The summed E-state index contributed by atoms with van der Waals surface area (Å²) in [6.07, 6.45) is 0.705. The molecule has 2 amide bonds. The maximum atomic E-state index is 14.6. The summed E-state index contributed by atoms with van der Waals surface area (Å²) in [6.45, 7) is 4.84. The Hall–Kier alpha value is -5.26. The summed E-state index contributed by atoms with van der Waals surface area (Å²) in [5.41, 5.74) is -2.29. The van der Waals surface area contributed by atoms with Gasteiger partial charge in [-0.2, -0.15) is 0 Å². The molecule has 2 heterocycles. The number of carboxylic acids is 2. The van der Waals surface area contributed by atoms with Crippen LogP contribution in [0.3, 0.4) is 0 Å². The van der Waals surface area contributed by atoms with Gasteiger partial charge in [-0.25, -0.2) is 18.4 Å². The van der Waals surface area contributed by atoms with Crippen molar-refractivity contribution in [3.8, 4) is 22.5 Å². The summed E-state index contributed by atoms with van der Waals surface area (Å²) < 4.78 is 37.8. The van der Waals surface area contributed by atoms with Gasteiger partial charge in [0.2, 0.25) is 5.12 Å². The molecule has 0 aliphatic heterocycles. The van der Waals surface area contributed by atoms with E-state index in [2.05, 4.69) is 26.3 Å². The van der Waals surface area contributed by atoms with E-state index in [1.54, 1.807) is 0 Å². The summed E-state index contributed by atoms with van der Waals surface area (Å²) in [6, 6.07) is 5.97. The Kier molecular flexibility index (Phi) is 11.9. The van der Waals surface area contributed by atoms with E-state index < -0.39 is 63.5 Å². The fourth-order valence-corrected chi connectivity index (χ4v) is 6.29. The molecule has 5 N–H and O–H groups in total. The highest BCUT2D eigenvalue weighted by atomic mass is 35.5. The molecule has 4 rings (SSSR count). The van der Waals surface area contributed by atoms with Gasteiger partial charge in [-0.3, -0.25) is 14.4 Å². The van der Waals surface area contributed by atoms with Gasteiger partial charge in [0.05, 0.1) is 27.7 Å². The molecule has 0 fully saturated rings. The lowest BCUT2D eigenvalue weighted by molar-refractivity contribution is -0.140. The number of rotatable bonds is 13. The second kappa shape index (κ2) is 15.7. The van der Waals surface area contributed by atoms with Crippen LogP contribution in [0, 0.1) is 25.5 Å². The number of amides is 2. The Bertz CT molecular complexity index is 2040. The lowest BCUT2D eigenvalue weighted by Gasteiger charge is -2.30. The Morgan fingerprint density at radius 2 is 1.37 bits per heavy atom. The van der Waals surface area contributed by atoms with E-state index in [1.807, 2.05) is 0 Å². The zero-order chi connectivity index (χ0) is 37.8. The largest absolute Gasteiger partial charge is 0.480 e. The molecule has 0 bridgehead atoms. The van der Waals surface area contributed by atoms with Gasteiger partial charge in [-0.1, -0.05) is 57.4 Å². The van der Waals surface area contributed by atoms with E-state index in [0.717, 1.165) is 12.1 Å². The molecule has 1 atom stereocenters. The van der Waals surface area contributed by atoms with Crippen molar-refractivity contribution in [1.29, 1.82) is 0 Å². The number of aliphatic carboxylic acids is 2. The predicted octanol–water partition coefficient (Wildman–Crippen LogP) is 5.37. The third kappa shape index (κ3) is 8.56. The number of aryl methyl sites for hydroxylation is 2. The third-order valence-corrected chi connectivity index (χ3v) is 8.93. The number of nitrogens with one attached hydrogen (secondary N) is 3. The molecule has 2 aromatic heterocycles. The van der Waals surface area contributed by atoms with Crippen LogP contribution < -0.4 is 16.0 Å². The van der Waals surface area contributed by atoms with E-state index in [4.69, 9.17) is 32.2 Å². The molecule has 0 aliphatic carbocycles. The van der Waals surface area contributed by atoms with Gasteiger partial charge in [0, 0.05) is 10.9 Å². The standard InChI is InChI=1S/C32H27Cl2F2N5O9S/c1-13-21(25(40-49-13)23-15(33)7-5-9-17(23)35)28(43)38-12-20(42)51-32(3,4)27(31(47)48)37-11-19(30(45)46)39-29(44)22-14(2)50-41-26(22)24-16(34)8-6-10-18(24)36/h5-11,27,37H,12H2,1-4H3,(H,38,43)(H,39,44)(H,45,46)(H,47,48)/b19-11-. The van der Waals surface area contributed by atoms with Crippen LogP contribution in [-0.4, -0.2) is 66.7 Å². The molecule has 268 valence electrons. The third-order valence-electron chi connectivity index (χ3n) is 7.16. The molecule has 1 unspecified atom stereocenters. The number of hydrogen-bond acceptors (Lipinski definition) is 11. The fraction of sp³-hybridized carbons (Fsp3) is 0.219. The van der Waals surface area contributed by atoms with Crippen molar-refractivity contribution in [1.82, 2.24) is 26.3 Å². The summed E-state index contributed by atoms with van der Waals surface area (Å²) in [5, 5.41) is 33.2. The van der Waals surface area contributed by atoms with E-state index in [-0.39, 0.29) is 55.2 Å². The van der Waals surface area contributed by atoms with Crippen LogP contribution in [0.5, 0.6) is 0 Å². The molecule has 51 heavy (non-hydrogen) atoms. The second-order valence-electron chi connectivity index (χ2n) is 11.1. The number of hydrogen-bond donors (Lipinski definition) is 5. The molecule has 0 spiro atoms. The van der Waals surface area contributed by atoms with Crippen molar-refractivity contribution < 1.29 is 52.0 Å². The lowest BCUT2D eigenvalue weighted by atomic mass is 10.0. The van der Waals surface area contributed by atoms with Crippen molar-refractivity contribution in [2.24, 2.45) is 0 Å². The van der Waals surface area contributed by atoms with E-state index in [0.29, 0.717) is 18.0 Å². The van der Waals surface area contributed by atoms with Crippen LogP contribution in [0.15, 0.2) is 57.3 Å².